The van der Waals surface area contributed by atoms with Crippen LogP contribution in [0.3, 0.4) is 0 Å². The molecule has 0 aliphatic carbocycles. The summed E-state index contributed by atoms with van der Waals surface area (Å²) in [5.74, 6) is 0.261. The van der Waals surface area contributed by atoms with Crippen LogP contribution in [0, 0.1) is 0 Å². The van der Waals surface area contributed by atoms with Crippen LogP contribution in [0.2, 0.25) is 5.02 Å². The number of nitrogens with one attached hydrogen (secondary N) is 2. The lowest BCUT2D eigenvalue weighted by atomic mass is 10.0. The third-order valence-corrected chi connectivity index (χ3v) is 18.9. The second kappa shape index (κ2) is 27.9. The molecule has 1 atom stereocenters. The Labute approximate surface area is 432 Å². The van der Waals surface area contributed by atoms with Crippen molar-refractivity contribution in [2.45, 2.75) is 142 Å². The second-order valence-electron chi connectivity index (χ2n) is 19.4. The highest BCUT2D eigenvalue weighted by atomic mass is 35.5. The fraction of sp³-hybridized carbons (Fsp3) is 0.410. The number of nitrogens with zero attached hydrogens (tertiary/aromatic N) is 1. The summed E-state index contributed by atoms with van der Waals surface area (Å²) in [5, 5.41) is 11.4. The summed E-state index contributed by atoms with van der Waals surface area (Å²) in [7, 11) is -1.90. The lowest BCUT2D eigenvalue weighted by molar-refractivity contribution is -0.139. The summed E-state index contributed by atoms with van der Waals surface area (Å²) >= 11 is 6.79. The molecular weight excluding hydrogens is 937 g/mol. The minimum atomic E-state index is -1.90. The van der Waals surface area contributed by atoms with Crippen LogP contribution in [0.1, 0.15) is 129 Å². The zero-order valence-corrected chi connectivity index (χ0v) is 44.1. The Balaban J connectivity index is 0.840. The van der Waals surface area contributed by atoms with E-state index < -0.39 is 19.0 Å². The summed E-state index contributed by atoms with van der Waals surface area (Å²) in [6, 6.07) is 44.6. The van der Waals surface area contributed by atoms with Crippen molar-refractivity contribution < 1.29 is 23.5 Å². The molecule has 1 aromatic heterocycles. The van der Waals surface area contributed by atoms with Crippen LogP contribution in [-0.4, -0.2) is 54.0 Å². The van der Waals surface area contributed by atoms with Crippen molar-refractivity contribution in [1.29, 1.82) is 0 Å². The molecule has 1 saturated heterocycles. The van der Waals surface area contributed by atoms with E-state index in [9.17, 15) is 19.2 Å². The molecule has 11 heteroatoms. The van der Waals surface area contributed by atoms with Gasteiger partial charge in [-0.25, -0.2) is 4.79 Å². The highest BCUT2D eigenvalue weighted by molar-refractivity contribution is 7.95. The molecule has 0 unspecified atom stereocenters. The predicted octanol–water partition coefficient (Wildman–Crippen LogP) is 13.2. The molecule has 1 aliphatic heterocycles. The van der Waals surface area contributed by atoms with Gasteiger partial charge in [-0.1, -0.05) is 143 Å². The van der Waals surface area contributed by atoms with Gasteiger partial charge in [-0.05, 0) is 106 Å². The number of anilines is 1. The standard InChI is InChI=1S/C61H73ClN3O6P/c1-3-4-5-6-7-8-9-10-11-12-23-32-59(67)64-48-34-36-53(56(62)43-48)55-45-60(68)71-57-44-49(35-37-54(55)57)70-46(2)61(69)65-40-38-47(39-41-65)63-58(66)33-24-16-25-42-72(50-26-17-13-18-27-50,51-28-19-14-20-29-51)52-30-21-15-22-31-52/h13-15,17-22,26-31,34-37,43-47H,3-12,16,23-25,32-33,38-42H2,1-2H3,(H-,63,64,66,67,68)/p+1/t46-/m1/s1. The van der Waals surface area contributed by atoms with Crippen molar-refractivity contribution in [2.75, 3.05) is 24.6 Å². The third-order valence-electron chi connectivity index (χ3n) is 14.1. The van der Waals surface area contributed by atoms with Gasteiger partial charge < -0.3 is 24.7 Å². The molecule has 3 amide bonds. The van der Waals surface area contributed by atoms with Crippen LogP contribution in [0.15, 0.2) is 143 Å². The molecule has 0 spiro atoms. The molecule has 0 radical (unpaired) electrons. The van der Waals surface area contributed by atoms with E-state index in [2.05, 4.69) is 109 Å². The van der Waals surface area contributed by atoms with Crippen molar-refractivity contribution in [1.82, 2.24) is 10.2 Å². The van der Waals surface area contributed by atoms with Gasteiger partial charge in [0.25, 0.3) is 5.91 Å². The van der Waals surface area contributed by atoms with Crippen LogP contribution >= 0.6 is 18.9 Å². The minimum Gasteiger partial charge on any atom is -0.481 e. The van der Waals surface area contributed by atoms with Gasteiger partial charge in [0.05, 0.1) is 11.2 Å². The van der Waals surface area contributed by atoms with Gasteiger partial charge in [0.2, 0.25) is 11.8 Å². The number of hydrogen-bond donors (Lipinski definition) is 2. The highest BCUT2D eigenvalue weighted by Crippen LogP contribution is 2.56. The number of hydrogen-bond acceptors (Lipinski definition) is 6. The highest BCUT2D eigenvalue weighted by Gasteiger charge is 2.44. The molecule has 6 aromatic rings. The molecule has 0 bridgehead atoms. The number of likely N-dealkylation sites (tertiary alicyclic amines) is 1. The fourth-order valence-electron chi connectivity index (χ4n) is 10.2. The van der Waals surface area contributed by atoms with E-state index in [-0.39, 0.29) is 23.8 Å². The average molecular weight is 1010 g/mol. The van der Waals surface area contributed by atoms with E-state index in [4.69, 9.17) is 20.8 Å². The topological polar surface area (TPSA) is 118 Å². The molecular formula is C61H74ClN3O6P+. The van der Waals surface area contributed by atoms with Gasteiger partial charge in [0.15, 0.2) is 6.10 Å². The van der Waals surface area contributed by atoms with E-state index in [0.29, 0.717) is 77.3 Å². The molecule has 1 aliphatic rings. The zero-order chi connectivity index (χ0) is 50.5. The quantitative estimate of drug-likeness (QED) is 0.0301. The average Bonchev–Trinajstić information content (AvgIpc) is 3.39. The minimum absolute atomic E-state index is 0.00991. The van der Waals surface area contributed by atoms with Crippen molar-refractivity contribution >= 4 is 69.2 Å². The Hall–Kier alpha value is -5.76. The molecule has 2 N–H and O–H groups in total. The van der Waals surface area contributed by atoms with Gasteiger partial charge in [-0.2, -0.15) is 0 Å². The zero-order valence-electron chi connectivity index (χ0n) is 42.4. The Bertz CT molecular complexity index is 2610. The number of fused-ring (bicyclic) bond motifs is 1. The van der Waals surface area contributed by atoms with Gasteiger partial charge in [-0.15, -0.1) is 0 Å². The van der Waals surface area contributed by atoms with Crippen LogP contribution < -0.4 is 36.9 Å². The molecule has 1 fully saturated rings. The predicted molar refractivity (Wildman–Crippen MR) is 299 cm³/mol. The largest absolute Gasteiger partial charge is 0.481 e. The van der Waals surface area contributed by atoms with E-state index in [1.165, 1.54) is 73.3 Å². The molecule has 7 rings (SSSR count). The number of unbranched alkanes of at least 4 members (excludes halogenated alkanes) is 12. The van der Waals surface area contributed by atoms with Crippen LogP contribution in [-0.2, 0) is 14.4 Å². The number of carbonyl (C=O) groups excluding carboxylic acids is 3. The molecule has 0 saturated carbocycles. The summed E-state index contributed by atoms with van der Waals surface area (Å²) in [4.78, 5) is 54.2. The number of benzene rings is 5. The van der Waals surface area contributed by atoms with Gasteiger partial charge in [0, 0.05) is 66.3 Å². The van der Waals surface area contributed by atoms with Gasteiger partial charge in [0.1, 0.15) is 34.5 Å². The van der Waals surface area contributed by atoms with E-state index in [1.54, 1.807) is 48.2 Å². The van der Waals surface area contributed by atoms with Crippen LogP contribution in [0.4, 0.5) is 5.69 Å². The van der Waals surface area contributed by atoms with E-state index in [1.807, 2.05) is 0 Å². The van der Waals surface area contributed by atoms with E-state index in [0.717, 1.165) is 44.7 Å². The summed E-state index contributed by atoms with van der Waals surface area (Å²) in [6.07, 6.45) is 18.8. The Morgan fingerprint density at radius 2 is 1.19 bits per heavy atom. The molecule has 9 nitrogen and oxygen atoms in total. The maximum absolute atomic E-state index is 13.6. The third kappa shape index (κ3) is 15.1. The molecule has 2 heterocycles. The molecule has 5 aromatic carbocycles. The van der Waals surface area contributed by atoms with Crippen molar-refractivity contribution in [3.05, 3.63) is 149 Å². The first-order chi connectivity index (χ1) is 35.1. The smallest absolute Gasteiger partial charge is 0.336 e. The lowest BCUT2D eigenvalue weighted by Gasteiger charge is -2.34. The summed E-state index contributed by atoms with van der Waals surface area (Å²) in [6.45, 7) is 4.99. The fourth-order valence-corrected chi connectivity index (χ4v) is 14.9. The number of piperidine rings is 1. The van der Waals surface area contributed by atoms with Crippen molar-refractivity contribution in [3.8, 4) is 16.9 Å². The monoisotopic (exact) mass is 1010 g/mol. The van der Waals surface area contributed by atoms with Crippen molar-refractivity contribution in [3.63, 3.8) is 0 Å². The van der Waals surface area contributed by atoms with Crippen LogP contribution in [0.25, 0.3) is 22.1 Å². The number of amides is 3. The maximum Gasteiger partial charge on any atom is 0.336 e. The summed E-state index contributed by atoms with van der Waals surface area (Å²) in [5.41, 5.74) is 1.56. The first-order valence-electron chi connectivity index (χ1n) is 26.6. The number of ether oxygens (including phenoxy) is 1. The number of carbonyl (C=O) groups is 3. The van der Waals surface area contributed by atoms with Gasteiger partial charge >= 0.3 is 5.63 Å². The first kappa shape index (κ1) is 54.0. The normalized spacial score (nSPS) is 13.5. The van der Waals surface area contributed by atoms with Crippen molar-refractivity contribution in [2.24, 2.45) is 0 Å². The number of rotatable bonds is 27. The van der Waals surface area contributed by atoms with Gasteiger partial charge in [-0.3, -0.25) is 14.4 Å². The van der Waals surface area contributed by atoms with Crippen LogP contribution in [0.5, 0.6) is 5.75 Å². The Morgan fingerprint density at radius 3 is 1.76 bits per heavy atom. The molecule has 380 valence electrons. The first-order valence-corrected chi connectivity index (χ1v) is 29.0. The maximum atomic E-state index is 13.6. The summed E-state index contributed by atoms with van der Waals surface area (Å²) < 4.78 is 11.7. The second-order valence-corrected chi connectivity index (χ2v) is 23.5. The number of halogens is 1. The molecule has 72 heavy (non-hydrogen) atoms. The SMILES string of the molecule is CCCCCCCCCCCCCC(=O)Nc1ccc(-c2cc(=O)oc3cc(O[C@H](C)C(=O)N4CCC(NC(=O)CCCCC[P+](c5ccccc5)(c5ccccc5)c5ccccc5)CC4)ccc23)c(Cl)c1. The lowest BCUT2D eigenvalue weighted by Crippen LogP contribution is -2.49. The Morgan fingerprint density at radius 1 is 0.653 bits per heavy atom. The Kier molecular flexibility index (Phi) is 20.9. The van der Waals surface area contributed by atoms with E-state index >= 15 is 0 Å².